The SMILES string of the molecule is O=P(c1ccccc1)(c1ccccc1)c1cccc(P(=O)(c2ccccc2)c2cccc(P(=O)(c3ccccc3)c3ccccc3)c2)c1. The monoisotopic (exact) mass is 678 g/mol. The minimum atomic E-state index is -3.58. The van der Waals surface area contributed by atoms with E-state index in [0.717, 1.165) is 0 Å². The molecule has 3 nitrogen and oxygen atoms in total. The molecule has 0 saturated heterocycles. The molecule has 6 heteroatoms. The molecular weight excluding hydrogens is 645 g/mol. The predicted octanol–water partition coefficient (Wildman–Crippen LogP) is 6.60. The summed E-state index contributed by atoms with van der Waals surface area (Å²) < 4.78 is 46.6. The maximum absolute atomic E-state index is 15.9. The van der Waals surface area contributed by atoms with Gasteiger partial charge in [0.2, 0.25) is 0 Å². The molecule has 0 bridgehead atoms. The van der Waals surface area contributed by atoms with E-state index < -0.39 is 21.4 Å². The first kappa shape index (κ1) is 31.8. The van der Waals surface area contributed by atoms with E-state index in [2.05, 4.69) is 0 Å². The van der Waals surface area contributed by atoms with Crippen LogP contribution in [0.3, 0.4) is 0 Å². The molecule has 0 atom stereocenters. The molecule has 0 aliphatic rings. The molecule has 48 heavy (non-hydrogen) atoms. The number of hydrogen-bond donors (Lipinski definition) is 0. The van der Waals surface area contributed by atoms with Crippen molar-refractivity contribution in [3.05, 3.63) is 200 Å². The molecule has 0 aliphatic carbocycles. The van der Waals surface area contributed by atoms with E-state index in [9.17, 15) is 0 Å². The van der Waals surface area contributed by atoms with Crippen molar-refractivity contribution >= 4 is 69.2 Å². The standard InChI is InChI=1S/C42H33O3P3/c43-46(34-18-6-1-7-19-34,35-20-8-2-9-21-35)39-28-16-30-41(32-39)48(45,38-26-14-5-15-27-38)42-31-17-29-40(33-42)47(44,36-22-10-3-11-23-36)37-24-12-4-13-25-37/h1-33H. The fraction of sp³-hybridized carbons (Fsp3) is 0. The second-order valence-corrected chi connectivity index (χ2v) is 19.8. The first-order valence-corrected chi connectivity index (χ1v) is 20.9. The third-order valence-corrected chi connectivity index (χ3v) is 17.9. The summed E-state index contributed by atoms with van der Waals surface area (Å²) in [6.45, 7) is 0. The van der Waals surface area contributed by atoms with Crippen molar-refractivity contribution in [2.24, 2.45) is 0 Å². The first-order valence-electron chi connectivity index (χ1n) is 15.8. The van der Waals surface area contributed by atoms with Gasteiger partial charge in [-0.1, -0.05) is 188 Å². The molecule has 7 aromatic rings. The van der Waals surface area contributed by atoms with Crippen molar-refractivity contribution in [1.29, 1.82) is 0 Å². The molecule has 0 heterocycles. The number of rotatable bonds is 9. The maximum atomic E-state index is 15.9. The summed E-state index contributed by atoms with van der Waals surface area (Å²) in [6.07, 6.45) is 0. The molecule has 0 radical (unpaired) electrons. The zero-order valence-electron chi connectivity index (χ0n) is 26.1. The average Bonchev–Trinajstić information content (AvgIpc) is 3.18. The molecule has 0 aromatic heterocycles. The third-order valence-electron chi connectivity index (χ3n) is 8.71. The Balaban J connectivity index is 1.46. The highest BCUT2D eigenvalue weighted by Crippen LogP contribution is 2.47. The maximum Gasteiger partial charge on any atom is 0.171 e. The molecule has 0 N–H and O–H groups in total. The van der Waals surface area contributed by atoms with Crippen LogP contribution in [0.1, 0.15) is 0 Å². The van der Waals surface area contributed by atoms with Crippen molar-refractivity contribution in [2.75, 3.05) is 0 Å². The van der Waals surface area contributed by atoms with Gasteiger partial charge >= 0.3 is 0 Å². The molecular formula is C42H33O3P3. The molecule has 0 unspecified atom stereocenters. The zero-order valence-corrected chi connectivity index (χ0v) is 28.8. The van der Waals surface area contributed by atoms with Gasteiger partial charge in [0.05, 0.1) is 0 Å². The van der Waals surface area contributed by atoms with Crippen LogP contribution in [-0.2, 0) is 13.7 Å². The molecule has 234 valence electrons. The van der Waals surface area contributed by atoms with Crippen molar-refractivity contribution in [2.45, 2.75) is 0 Å². The van der Waals surface area contributed by atoms with E-state index in [-0.39, 0.29) is 0 Å². The molecule has 7 aromatic carbocycles. The van der Waals surface area contributed by atoms with Gasteiger partial charge in [-0.05, 0) is 12.1 Å². The Hall–Kier alpha value is -4.77. The molecule has 0 spiro atoms. The van der Waals surface area contributed by atoms with Gasteiger partial charge in [-0.15, -0.1) is 0 Å². The summed E-state index contributed by atoms with van der Waals surface area (Å²) in [5, 5.41) is 5.78. The van der Waals surface area contributed by atoms with E-state index in [0.29, 0.717) is 47.7 Å². The Labute approximate surface area is 282 Å². The zero-order chi connectivity index (χ0) is 33.0. The highest BCUT2D eigenvalue weighted by Gasteiger charge is 2.36. The molecule has 0 amide bonds. The average molecular weight is 679 g/mol. The molecule has 0 saturated carbocycles. The lowest BCUT2D eigenvalue weighted by molar-refractivity contribution is 0.591. The van der Waals surface area contributed by atoms with Gasteiger partial charge in [0.25, 0.3) is 0 Å². The fourth-order valence-electron chi connectivity index (χ4n) is 6.30. The Kier molecular flexibility index (Phi) is 8.87. The minimum absolute atomic E-state index is 0.560. The van der Waals surface area contributed by atoms with E-state index in [1.807, 2.05) is 200 Å². The lowest BCUT2D eigenvalue weighted by Gasteiger charge is -2.25. The fourth-order valence-corrected chi connectivity index (χ4v) is 14.6. The van der Waals surface area contributed by atoms with E-state index in [1.165, 1.54) is 0 Å². The highest BCUT2D eigenvalue weighted by molar-refractivity contribution is 7.87. The largest absolute Gasteiger partial charge is 0.309 e. The molecule has 7 rings (SSSR count). The second-order valence-electron chi connectivity index (χ2n) is 11.5. The Bertz CT molecular complexity index is 2080. The third kappa shape index (κ3) is 5.59. The van der Waals surface area contributed by atoms with E-state index in [1.54, 1.807) is 0 Å². The summed E-state index contributed by atoms with van der Waals surface area (Å²) in [6, 6.07) is 62.3. The first-order chi connectivity index (χ1) is 23.4. The van der Waals surface area contributed by atoms with Crippen LogP contribution in [0.2, 0.25) is 0 Å². The van der Waals surface area contributed by atoms with Gasteiger partial charge < -0.3 is 13.7 Å². The van der Waals surface area contributed by atoms with Crippen LogP contribution in [-0.4, -0.2) is 0 Å². The smallest absolute Gasteiger partial charge is 0.171 e. The minimum Gasteiger partial charge on any atom is -0.309 e. The van der Waals surface area contributed by atoms with Crippen LogP contribution < -0.4 is 47.7 Å². The van der Waals surface area contributed by atoms with Gasteiger partial charge in [0.15, 0.2) is 21.4 Å². The van der Waals surface area contributed by atoms with Crippen molar-refractivity contribution in [1.82, 2.24) is 0 Å². The number of benzene rings is 7. The van der Waals surface area contributed by atoms with Crippen LogP contribution in [0.15, 0.2) is 200 Å². The topological polar surface area (TPSA) is 51.2 Å². The molecule has 0 fully saturated rings. The Morgan fingerprint density at radius 2 is 0.375 bits per heavy atom. The van der Waals surface area contributed by atoms with Gasteiger partial charge in [-0.3, -0.25) is 0 Å². The summed E-state index contributed by atoms with van der Waals surface area (Å²) in [5.74, 6) is 0. The van der Waals surface area contributed by atoms with E-state index in [4.69, 9.17) is 0 Å². The van der Waals surface area contributed by atoms with Crippen LogP contribution in [0.25, 0.3) is 0 Å². The lowest BCUT2D eigenvalue weighted by atomic mass is 10.3. The summed E-state index contributed by atoms with van der Waals surface area (Å²) in [5.41, 5.74) is 0. The van der Waals surface area contributed by atoms with Gasteiger partial charge in [-0.25, -0.2) is 0 Å². The Morgan fingerprint density at radius 1 is 0.208 bits per heavy atom. The van der Waals surface area contributed by atoms with E-state index >= 15 is 13.7 Å². The number of hydrogen-bond acceptors (Lipinski definition) is 3. The van der Waals surface area contributed by atoms with Gasteiger partial charge in [0, 0.05) is 47.7 Å². The van der Waals surface area contributed by atoms with Crippen molar-refractivity contribution < 1.29 is 13.7 Å². The van der Waals surface area contributed by atoms with Crippen LogP contribution in [0, 0.1) is 0 Å². The summed E-state index contributed by atoms with van der Waals surface area (Å²) in [7, 11) is -10.3. The van der Waals surface area contributed by atoms with Crippen LogP contribution in [0.5, 0.6) is 0 Å². The summed E-state index contributed by atoms with van der Waals surface area (Å²) in [4.78, 5) is 0. The van der Waals surface area contributed by atoms with Crippen molar-refractivity contribution in [3.63, 3.8) is 0 Å². The highest BCUT2D eigenvalue weighted by atomic mass is 31.2. The second kappa shape index (κ2) is 13.4. The van der Waals surface area contributed by atoms with Gasteiger partial charge in [-0.2, -0.15) is 0 Å². The molecule has 0 aliphatic heterocycles. The lowest BCUT2D eigenvalue weighted by Crippen LogP contribution is -2.32. The summed E-state index contributed by atoms with van der Waals surface area (Å²) >= 11 is 0. The van der Waals surface area contributed by atoms with Crippen LogP contribution >= 0.6 is 21.4 Å². The van der Waals surface area contributed by atoms with Crippen molar-refractivity contribution in [3.8, 4) is 0 Å². The quantitative estimate of drug-likeness (QED) is 0.162. The normalized spacial score (nSPS) is 12.0. The predicted molar refractivity (Wildman–Crippen MR) is 205 cm³/mol. The van der Waals surface area contributed by atoms with Gasteiger partial charge in [0.1, 0.15) is 0 Å². The van der Waals surface area contributed by atoms with Crippen LogP contribution in [0.4, 0.5) is 0 Å². The Morgan fingerprint density at radius 3 is 0.583 bits per heavy atom.